The summed E-state index contributed by atoms with van der Waals surface area (Å²) < 4.78 is 7.57. The largest absolute Gasteiger partial charge is 0.375 e. The maximum Gasteiger partial charge on any atom is 0.322 e. The number of urea groups is 1. The van der Waals surface area contributed by atoms with E-state index in [1.807, 2.05) is 23.4 Å². The molecule has 1 aliphatic heterocycles. The summed E-state index contributed by atoms with van der Waals surface area (Å²) in [5.41, 5.74) is 1.90. The number of nitrogens with one attached hydrogen (secondary N) is 1. The van der Waals surface area contributed by atoms with Crippen molar-refractivity contribution in [3.8, 4) is 0 Å². The van der Waals surface area contributed by atoms with Gasteiger partial charge in [0.2, 0.25) is 0 Å². The molecule has 124 valence electrons. The van der Waals surface area contributed by atoms with E-state index in [1.54, 1.807) is 6.20 Å². The van der Waals surface area contributed by atoms with Crippen LogP contribution in [0.15, 0.2) is 6.20 Å². The number of ether oxygens (including phenoxy) is 1. The monoisotopic (exact) mass is 308 g/mol. The number of morpholine rings is 1. The SMILES string of the molecule is CCc1c(NC(=O)N2CCO[C@@H](C)[C@@H]2C)cnn1CC(C)C. The number of hydrogen-bond donors (Lipinski definition) is 1. The second-order valence-electron chi connectivity index (χ2n) is 6.37. The van der Waals surface area contributed by atoms with E-state index in [4.69, 9.17) is 4.74 Å². The van der Waals surface area contributed by atoms with Crippen LogP contribution >= 0.6 is 0 Å². The van der Waals surface area contributed by atoms with Crippen molar-refractivity contribution in [3.05, 3.63) is 11.9 Å². The van der Waals surface area contributed by atoms with Gasteiger partial charge in [-0.05, 0) is 26.2 Å². The summed E-state index contributed by atoms with van der Waals surface area (Å²) in [6, 6.07) is 0.00554. The summed E-state index contributed by atoms with van der Waals surface area (Å²) in [7, 11) is 0. The summed E-state index contributed by atoms with van der Waals surface area (Å²) in [6.45, 7) is 12.5. The first-order valence-electron chi connectivity index (χ1n) is 8.17. The predicted molar refractivity (Wildman–Crippen MR) is 87.0 cm³/mol. The molecule has 0 unspecified atom stereocenters. The van der Waals surface area contributed by atoms with Crippen molar-refractivity contribution in [2.45, 2.75) is 59.7 Å². The summed E-state index contributed by atoms with van der Waals surface area (Å²) in [4.78, 5) is 14.4. The molecule has 0 spiro atoms. The van der Waals surface area contributed by atoms with Gasteiger partial charge >= 0.3 is 6.03 Å². The number of nitrogens with zero attached hydrogens (tertiary/aromatic N) is 3. The summed E-state index contributed by atoms with van der Waals surface area (Å²) in [5, 5.41) is 7.44. The first-order valence-corrected chi connectivity index (χ1v) is 8.17. The van der Waals surface area contributed by atoms with Gasteiger partial charge in [-0.3, -0.25) is 4.68 Å². The molecule has 1 saturated heterocycles. The molecule has 22 heavy (non-hydrogen) atoms. The first-order chi connectivity index (χ1) is 10.4. The molecule has 1 aliphatic rings. The van der Waals surface area contributed by atoms with E-state index in [9.17, 15) is 4.79 Å². The van der Waals surface area contributed by atoms with Crippen LogP contribution in [0.1, 0.15) is 40.3 Å². The van der Waals surface area contributed by atoms with Crippen LogP contribution in [0.4, 0.5) is 10.5 Å². The summed E-state index contributed by atoms with van der Waals surface area (Å²) in [6.07, 6.45) is 2.67. The molecule has 2 amide bonds. The van der Waals surface area contributed by atoms with E-state index in [-0.39, 0.29) is 18.2 Å². The van der Waals surface area contributed by atoms with Crippen molar-refractivity contribution in [1.82, 2.24) is 14.7 Å². The van der Waals surface area contributed by atoms with Crippen LogP contribution in [0.5, 0.6) is 0 Å². The van der Waals surface area contributed by atoms with E-state index in [0.717, 1.165) is 24.3 Å². The van der Waals surface area contributed by atoms with Gasteiger partial charge in [0.25, 0.3) is 0 Å². The van der Waals surface area contributed by atoms with Gasteiger partial charge in [-0.2, -0.15) is 5.10 Å². The standard InChI is InChI=1S/C16H28N4O2/c1-6-15-14(9-17-20(15)10-11(2)3)18-16(21)19-7-8-22-13(5)12(19)4/h9,11-13H,6-8,10H2,1-5H3,(H,18,21)/t12-,13-/m0/s1. The highest BCUT2D eigenvalue weighted by molar-refractivity contribution is 5.90. The lowest BCUT2D eigenvalue weighted by Gasteiger charge is -2.37. The maximum atomic E-state index is 12.5. The third-order valence-electron chi connectivity index (χ3n) is 4.21. The second-order valence-corrected chi connectivity index (χ2v) is 6.37. The van der Waals surface area contributed by atoms with Crippen molar-refractivity contribution in [2.24, 2.45) is 5.92 Å². The van der Waals surface area contributed by atoms with Gasteiger partial charge in [0.1, 0.15) is 0 Å². The highest BCUT2D eigenvalue weighted by Crippen LogP contribution is 2.20. The topological polar surface area (TPSA) is 59.4 Å². The van der Waals surface area contributed by atoms with Gasteiger partial charge < -0.3 is 15.0 Å². The minimum absolute atomic E-state index is 0.0637. The van der Waals surface area contributed by atoms with Crippen LogP contribution < -0.4 is 5.32 Å². The van der Waals surface area contributed by atoms with Crippen molar-refractivity contribution >= 4 is 11.7 Å². The number of carbonyl (C=O) groups is 1. The normalized spacial score (nSPS) is 22.2. The number of amides is 2. The van der Waals surface area contributed by atoms with Crippen LogP contribution in [0, 0.1) is 5.92 Å². The molecule has 1 N–H and O–H groups in total. The second kappa shape index (κ2) is 7.13. The Morgan fingerprint density at radius 3 is 2.86 bits per heavy atom. The molecule has 2 rings (SSSR count). The van der Waals surface area contributed by atoms with Crippen molar-refractivity contribution < 1.29 is 9.53 Å². The Kier molecular flexibility index (Phi) is 5.45. The van der Waals surface area contributed by atoms with Crippen molar-refractivity contribution in [2.75, 3.05) is 18.5 Å². The zero-order valence-corrected chi connectivity index (χ0v) is 14.3. The molecule has 1 aromatic heterocycles. The first kappa shape index (κ1) is 16.8. The minimum atomic E-state index is -0.0681. The van der Waals surface area contributed by atoms with Gasteiger partial charge in [0, 0.05) is 13.1 Å². The number of hydrogen-bond acceptors (Lipinski definition) is 3. The number of carbonyl (C=O) groups excluding carboxylic acids is 1. The Morgan fingerprint density at radius 1 is 1.50 bits per heavy atom. The quantitative estimate of drug-likeness (QED) is 0.930. The van der Waals surface area contributed by atoms with E-state index in [2.05, 4.69) is 31.2 Å². The molecule has 0 saturated carbocycles. The number of rotatable bonds is 4. The van der Waals surface area contributed by atoms with E-state index in [1.165, 1.54) is 0 Å². The van der Waals surface area contributed by atoms with Crippen LogP contribution in [0.25, 0.3) is 0 Å². The van der Waals surface area contributed by atoms with Gasteiger partial charge in [0.15, 0.2) is 0 Å². The highest BCUT2D eigenvalue weighted by atomic mass is 16.5. The number of aromatic nitrogens is 2. The molecule has 2 heterocycles. The fourth-order valence-corrected chi connectivity index (χ4v) is 2.80. The zero-order chi connectivity index (χ0) is 16.3. The fourth-order valence-electron chi connectivity index (χ4n) is 2.80. The predicted octanol–water partition coefficient (Wildman–Crippen LogP) is 2.74. The van der Waals surface area contributed by atoms with Gasteiger partial charge in [0.05, 0.1) is 36.3 Å². The third-order valence-corrected chi connectivity index (χ3v) is 4.21. The Labute approximate surface area is 132 Å². The van der Waals surface area contributed by atoms with E-state index in [0.29, 0.717) is 19.1 Å². The lowest BCUT2D eigenvalue weighted by molar-refractivity contribution is -0.0355. The van der Waals surface area contributed by atoms with E-state index < -0.39 is 0 Å². The van der Waals surface area contributed by atoms with Crippen LogP contribution in [0.3, 0.4) is 0 Å². The molecule has 2 atom stereocenters. The third kappa shape index (κ3) is 3.61. The smallest absolute Gasteiger partial charge is 0.322 e. The molecule has 0 radical (unpaired) electrons. The van der Waals surface area contributed by atoms with Gasteiger partial charge in [-0.25, -0.2) is 4.79 Å². The number of anilines is 1. The Balaban J connectivity index is 2.09. The van der Waals surface area contributed by atoms with Crippen molar-refractivity contribution in [3.63, 3.8) is 0 Å². The highest BCUT2D eigenvalue weighted by Gasteiger charge is 2.29. The van der Waals surface area contributed by atoms with Crippen LogP contribution in [-0.2, 0) is 17.7 Å². The van der Waals surface area contributed by atoms with Crippen LogP contribution in [0.2, 0.25) is 0 Å². The summed E-state index contributed by atoms with van der Waals surface area (Å²) in [5.74, 6) is 0.522. The molecule has 0 aromatic carbocycles. The molecule has 0 aliphatic carbocycles. The molecule has 1 aromatic rings. The Bertz CT molecular complexity index is 512. The zero-order valence-electron chi connectivity index (χ0n) is 14.3. The molecule has 0 bridgehead atoms. The Hall–Kier alpha value is -1.56. The average molecular weight is 308 g/mol. The fraction of sp³-hybridized carbons (Fsp3) is 0.750. The Morgan fingerprint density at radius 2 is 2.23 bits per heavy atom. The lowest BCUT2D eigenvalue weighted by atomic mass is 10.1. The molecule has 6 heteroatoms. The molecular weight excluding hydrogens is 280 g/mol. The minimum Gasteiger partial charge on any atom is -0.375 e. The van der Waals surface area contributed by atoms with Gasteiger partial charge in [-0.15, -0.1) is 0 Å². The van der Waals surface area contributed by atoms with Gasteiger partial charge in [-0.1, -0.05) is 20.8 Å². The molecule has 6 nitrogen and oxygen atoms in total. The average Bonchev–Trinajstić information content (AvgIpc) is 2.82. The van der Waals surface area contributed by atoms with Crippen molar-refractivity contribution in [1.29, 1.82) is 0 Å². The molecule has 1 fully saturated rings. The maximum absolute atomic E-state index is 12.5. The van der Waals surface area contributed by atoms with E-state index >= 15 is 0 Å². The molecular formula is C16H28N4O2. The summed E-state index contributed by atoms with van der Waals surface area (Å²) >= 11 is 0. The van der Waals surface area contributed by atoms with Crippen LogP contribution in [-0.4, -0.2) is 46.0 Å². The lowest BCUT2D eigenvalue weighted by Crippen LogP contribution is -2.52.